The van der Waals surface area contributed by atoms with Crippen molar-refractivity contribution >= 4 is 0 Å². The molecular weight excluding hydrogens is 145 g/mol. The van der Waals surface area contributed by atoms with Crippen LogP contribution in [0.3, 0.4) is 0 Å². The van der Waals surface area contributed by atoms with Crippen LogP contribution in [0.25, 0.3) is 0 Å². The summed E-state index contributed by atoms with van der Waals surface area (Å²) in [5, 5.41) is 7.57. The number of aliphatic hydroxyl groups excluding tert-OH is 1. The third-order valence-corrected chi connectivity index (χ3v) is 0. The summed E-state index contributed by atoms with van der Waals surface area (Å²) in [6, 6.07) is 0. The van der Waals surface area contributed by atoms with E-state index in [-0.39, 0.29) is 42.4 Å². The summed E-state index contributed by atoms with van der Waals surface area (Å²) in [7, 11) is 0. The maximum atomic E-state index is 7.57. The third-order valence-electron chi connectivity index (χ3n) is 0. The van der Waals surface area contributed by atoms with Crippen LogP contribution in [-0.4, -0.2) is 11.7 Å². The first-order valence-electron chi connectivity index (χ1n) is 1.02. The van der Waals surface area contributed by atoms with Crippen LogP contribution in [0.2, 0.25) is 0 Å². The van der Waals surface area contributed by atoms with Gasteiger partial charge >= 0.3 is 0 Å². The first-order valence-corrected chi connectivity index (χ1v) is 1.02. The van der Waals surface area contributed by atoms with Crippen molar-refractivity contribution < 1.29 is 40.9 Å². The Balaban J connectivity index is -0.00000000333. The molecule has 0 spiro atoms. The molecule has 0 fully saturated rings. The average molecular weight is 154 g/mol. The minimum atomic E-state index is 0. The van der Waals surface area contributed by atoms with Crippen LogP contribution in [0.4, 0.5) is 14.1 Å². The predicted octanol–water partition coefficient (Wildman–Crippen LogP) is 0.454. The minimum Gasteiger partial charge on any atom is -0.397 e. The maximum Gasteiger partial charge on any atom is 0.0402 e. The number of aliphatic hydroxyl groups is 1. The van der Waals surface area contributed by atoms with E-state index in [0.29, 0.717) is 0 Å². The molecule has 48 valence electrons. The van der Waals surface area contributed by atoms with Crippen LogP contribution in [-0.2, 0) is 21.7 Å². The molecule has 0 aromatic carbocycles. The van der Waals surface area contributed by atoms with Crippen molar-refractivity contribution in [1.29, 1.82) is 0 Å². The molecule has 0 saturated carbocycles. The molecule has 0 aliphatic carbocycles. The molecule has 5 heteroatoms. The molecule has 0 aliphatic heterocycles. The van der Waals surface area contributed by atoms with Crippen molar-refractivity contribution in [1.82, 2.24) is 0 Å². The minimum absolute atomic E-state index is 0. The summed E-state index contributed by atoms with van der Waals surface area (Å²) in [6.07, 6.45) is 0. The largest absolute Gasteiger partial charge is 0.397 e. The topological polar surface area (TPSA) is 20.2 Å². The van der Waals surface area contributed by atoms with E-state index < -0.39 is 0 Å². The van der Waals surface area contributed by atoms with Gasteiger partial charge in [0.05, 0.1) is 0 Å². The standard InChI is InChI=1S/C2H6O.3FH.Ti/c1-2-3;;;;/h3H,2H2,1H3;3*1H;. The summed E-state index contributed by atoms with van der Waals surface area (Å²) < 4.78 is 0. The second kappa shape index (κ2) is 90.0. The molecule has 0 aliphatic rings. The zero-order chi connectivity index (χ0) is 2.71. The van der Waals surface area contributed by atoms with E-state index in [1.165, 1.54) is 0 Å². The molecule has 7 heavy (non-hydrogen) atoms. The monoisotopic (exact) mass is 154 g/mol. The van der Waals surface area contributed by atoms with Gasteiger partial charge < -0.3 is 5.11 Å². The van der Waals surface area contributed by atoms with Gasteiger partial charge in [-0.3, -0.25) is 14.1 Å². The first-order chi connectivity index (χ1) is 1.41. The number of halogens is 3. The molecule has 0 aromatic rings. The number of hydrogen-bond donors (Lipinski definition) is 1. The summed E-state index contributed by atoms with van der Waals surface area (Å²) in [5.41, 5.74) is 0. The fourth-order valence-corrected chi connectivity index (χ4v) is 0. The molecule has 0 saturated heterocycles. The van der Waals surface area contributed by atoms with Crippen molar-refractivity contribution in [3.63, 3.8) is 0 Å². The van der Waals surface area contributed by atoms with Crippen molar-refractivity contribution in [2.45, 2.75) is 6.92 Å². The van der Waals surface area contributed by atoms with E-state index in [1.54, 1.807) is 6.92 Å². The van der Waals surface area contributed by atoms with Crippen LogP contribution < -0.4 is 0 Å². The summed E-state index contributed by atoms with van der Waals surface area (Å²) >= 11 is 0. The fraction of sp³-hybridized carbons (Fsp3) is 1.00. The molecule has 0 heterocycles. The smallest absolute Gasteiger partial charge is 0.0402 e. The van der Waals surface area contributed by atoms with Crippen LogP contribution in [0, 0.1) is 0 Å². The number of hydrogen-bond acceptors (Lipinski definition) is 1. The van der Waals surface area contributed by atoms with E-state index in [9.17, 15) is 0 Å². The maximum absolute atomic E-state index is 7.57. The fourth-order valence-electron chi connectivity index (χ4n) is 0. The van der Waals surface area contributed by atoms with Crippen molar-refractivity contribution in [3.05, 3.63) is 0 Å². The first kappa shape index (κ1) is 51.4. The molecule has 0 radical (unpaired) electrons. The molecule has 0 unspecified atom stereocenters. The van der Waals surface area contributed by atoms with Crippen LogP contribution in [0.1, 0.15) is 6.92 Å². The summed E-state index contributed by atoms with van der Waals surface area (Å²) in [5.74, 6) is 0. The van der Waals surface area contributed by atoms with Crippen LogP contribution in [0.5, 0.6) is 0 Å². The Labute approximate surface area is 55.1 Å². The van der Waals surface area contributed by atoms with Gasteiger partial charge in [-0.15, -0.1) is 0 Å². The Bertz CT molecular complexity index is 12.9. The molecule has 0 bridgehead atoms. The Hall–Kier alpha value is 0.464. The SMILES string of the molecule is CCO.F.F.F.[Ti]. The molecule has 0 aromatic heterocycles. The molecule has 0 rings (SSSR count). The second-order valence-electron chi connectivity index (χ2n) is 0.316. The quantitative estimate of drug-likeness (QED) is 0.502. The van der Waals surface area contributed by atoms with Gasteiger partial charge in [0, 0.05) is 28.3 Å². The van der Waals surface area contributed by atoms with Gasteiger partial charge in [0.2, 0.25) is 0 Å². The van der Waals surface area contributed by atoms with Gasteiger partial charge in [-0.25, -0.2) is 0 Å². The molecule has 1 N–H and O–H groups in total. The van der Waals surface area contributed by atoms with Gasteiger partial charge in [-0.05, 0) is 6.92 Å². The average Bonchev–Trinajstić information content (AvgIpc) is 0.918. The molecule has 0 atom stereocenters. The van der Waals surface area contributed by atoms with Gasteiger partial charge in [-0.2, -0.15) is 0 Å². The number of rotatable bonds is 0. The van der Waals surface area contributed by atoms with Crippen LogP contribution >= 0.6 is 0 Å². The van der Waals surface area contributed by atoms with Gasteiger partial charge in [0.1, 0.15) is 0 Å². The zero-order valence-electron chi connectivity index (χ0n) is 3.88. The van der Waals surface area contributed by atoms with Crippen LogP contribution in [0.15, 0.2) is 0 Å². The van der Waals surface area contributed by atoms with E-state index in [1.807, 2.05) is 0 Å². The third kappa shape index (κ3) is 598. The van der Waals surface area contributed by atoms with Crippen molar-refractivity contribution in [2.75, 3.05) is 6.61 Å². The molecule has 1 nitrogen and oxygen atoms in total. The van der Waals surface area contributed by atoms with Gasteiger partial charge in [0.15, 0.2) is 0 Å². The Morgan fingerprint density at radius 3 is 1.14 bits per heavy atom. The Morgan fingerprint density at radius 1 is 1.14 bits per heavy atom. The molecule has 0 amide bonds. The summed E-state index contributed by atoms with van der Waals surface area (Å²) in [4.78, 5) is 0. The Morgan fingerprint density at radius 2 is 1.14 bits per heavy atom. The molecular formula is C2H9F3OTi. The zero-order valence-corrected chi connectivity index (χ0v) is 5.44. The predicted molar refractivity (Wildman–Crippen MR) is 20.3 cm³/mol. The second-order valence-corrected chi connectivity index (χ2v) is 0.316. The Kier molecular flexibility index (Phi) is 661. The van der Waals surface area contributed by atoms with Crippen molar-refractivity contribution in [2.24, 2.45) is 0 Å². The van der Waals surface area contributed by atoms with E-state index in [0.717, 1.165) is 0 Å². The van der Waals surface area contributed by atoms with E-state index >= 15 is 0 Å². The van der Waals surface area contributed by atoms with Crippen molar-refractivity contribution in [3.8, 4) is 0 Å². The summed E-state index contributed by atoms with van der Waals surface area (Å²) in [6.45, 7) is 1.93. The normalized spacial score (nSPS) is 2.57. The van der Waals surface area contributed by atoms with Gasteiger partial charge in [0.25, 0.3) is 0 Å². The van der Waals surface area contributed by atoms with Gasteiger partial charge in [-0.1, -0.05) is 0 Å². The van der Waals surface area contributed by atoms with E-state index in [2.05, 4.69) is 0 Å². The van der Waals surface area contributed by atoms with E-state index in [4.69, 9.17) is 5.11 Å².